The van der Waals surface area contributed by atoms with Gasteiger partial charge in [-0.1, -0.05) is 6.07 Å². The molecule has 0 saturated carbocycles. The van der Waals surface area contributed by atoms with Gasteiger partial charge in [0.15, 0.2) is 16.2 Å². The molecule has 0 saturated heterocycles. The van der Waals surface area contributed by atoms with E-state index in [0.29, 0.717) is 19.8 Å². The van der Waals surface area contributed by atoms with Gasteiger partial charge in [0, 0.05) is 6.04 Å². The van der Waals surface area contributed by atoms with E-state index in [1.807, 2.05) is 24.3 Å². The lowest BCUT2D eigenvalue weighted by atomic mass is 10.1. The fraction of sp³-hybridized carbons (Fsp3) is 0.333. The summed E-state index contributed by atoms with van der Waals surface area (Å²) in [4.78, 5) is 0. The molecule has 0 amide bonds. The SMILES string of the molecule is CC(NCc1ccc(Br)o1)c1ccc2c(c1)OCCO2. The number of rotatable bonds is 4. The van der Waals surface area contributed by atoms with Crippen molar-refractivity contribution >= 4 is 15.9 Å². The van der Waals surface area contributed by atoms with Gasteiger partial charge in [-0.2, -0.15) is 0 Å². The Morgan fingerprint density at radius 3 is 2.70 bits per heavy atom. The third-order valence-electron chi connectivity index (χ3n) is 3.28. The van der Waals surface area contributed by atoms with Crippen LogP contribution in [0.5, 0.6) is 11.5 Å². The molecule has 1 aliphatic heterocycles. The van der Waals surface area contributed by atoms with Gasteiger partial charge >= 0.3 is 0 Å². The molecule has 106 valence electrons. The zero-order valence-corrected chi connectivity index (χ0v) is 12.8. The predicted molar refractivity (Wildman–Crippen MR) is 79.1 cm³/mol. The quantitative estimate of drug-likeness (QED) is 0.924. The molecule has 20 heavy (non-hydrogen) atoms. The summed E-state index contributed by atoms with van der Waals surface area (Å²) in [6.07, 6.45) is 0. The first-order valence-electron chi connectivity index (χ1n) is 6.59. The van der Waals surface area contributed by atoms with Crippen molar-refractivity contribution in [3.63, 3.8) is 0 Å². The maximum Gasteiger partial charge on any atom is 0.169 e. The maximum absolute atomic E-state index is 5.60. The normalized spacial score (nSPS) is 15.1. The van der Waals surface area contributed by atoms with E-state index in [1.165, 1.54) is 5.56 Å². The van der Waals surface area contributed by atoms with E-state index in [1.54, 1.807) is 0 Å². The number of furan rings is 1. The summed E-state index contributed by atoms with van der Waals surface area (Å²) in [6.45, 7) is 4.02. The highest BCUT2D eigenvalue weighted by molar-refractivity contribution is 9.10. The Balaban J connectivity index is 1.66. The van der Waals surface area contributed by atoms with Crippen molar-refractivity contribution in [2.75, 3.05) is 13.2 Å². The summed E-state index contributed by atoms with van der Waals surface area (Å²) in [6, 6.07) is 10.1. The average Bonchev–Trinajstić information content (AvgIpc) is 2.90. The van der Waals surface area contributed by atoms with Gasteiger partial charge in [-0.15, -0.1) is 0 Å². The van der Waals surface area contributed by atoms with E-state index in [0.717, 1.165) is 21.9 Å². The minimum atomic E-state index is 0.203. The Kier molecular flexibility index (Phi) is 3.98. The molecule has 0 fully saturated rings. The summed E-state index contributed by atoms with van der Waals surface area (Å²) in [7, 11) is 0. The van der Waals surface area contributed by atoms with Crippen LogP contribution in [0.15, 0.2) is 39.4 Å². The molecule has 1 aromatic heterocycles. The van der Waals surface area contributed by atoms with Gasteiger partial charge in [-0.25, -0.2) is 0 Å². The van der Waals surface area contributed by atoms with E-state index in [4.69, 9.17) is 13.9 Å². The molecule has 0 spiro atoms. The van der Waals surface area contributed by atoms with E-state index in [9.17, 15) is 0 Å². The van der Waals surface area contributed by atoms with E-state index < -0.39 is 0 Å². The second kappa shape index (κ2) is 5.89. The van der Waals surface area contributed by atoms with Gasteiger partial charge in [-0.05, 0) is 52.7 Å². The molecule has 1 unspecified atom stereocenters. The average molecular weight is 338 g/mol. The number of hydrogen-bond acceptors (Lipinski definition) is 4. The molecule has 3 rings (SSSR count). The highest BCUT2D eigenvalue weighted by atomic mass is 79.9. The molecule has 2 aromatic rings. The van der Waals surface area contributed by atoms with Crippen LogP contribution < -0.4 is 14.8 Å². The van der Waals surface area contributed by atoms with Crippen LogP contribution >= 0.6 is 15.9 Å². The molecule has 1 aromatic carbocycles. The van der Waals surface area contributed by atoms with Gasteiger partial charge in [0.2, 0.25) is 0 Å². The summed E-state index contributed by atoms with van der Waals surface area (Å²) in [5, 5.41) is 3.42. The summed E-state index contributed by atoms with van der Waals surface area (Å²) in [5.41, 5.74) is 1.17. The molecule has 5 heteroatoms. The monoisotopic (exact) mass is 337 g/mol. The van der Waals surface area contributed by atoms with Crippen molar-refractivity contribution in [1.82, 2.24) is 5.32 Å². The Hall–Kier alpha value is -1.46. The molecule has 4 nitrogen and oxygen atoms in total. The topological polar surface area (TPSA) is 43.6 Å². The number of fused-ring (bicyclic) bond motifs is 1. The number of halogens is 1. The van der Waals surface area contributed by atoms with Gasteiger partial charge in [0.25, 0.3) is 0 Å². The summed E-state index contributed by atoms with van der Waals surface area (Å²) >= 11 is 3.30. The van der Waals surface area contributed by atoms with Crippen LogP contribution in [-0.4, -0.2) is 13.2 Å². The Labute approximate surface area is 126 Å². The fourth-order valence-corrected chi connectivity index (χ4v) is 2.49. The Bertz CT molecular complexity index is 597. The van der Waals surface area contributed by atoms with Gasteiger partial charge < -0.3 is 19.2 Å². The third-order valence-corrected chi connectivity index (χ3v) is 3.70. The molecular weight excluding hydrogens is 322 g/mol. The molecule has 2 heterocycles. The van der Waals surface area contributed by atoms with Crippen molar-refractivity contribution in [2.45, 2.75) is 19.5 Å². The predicted octanol–water partition coefficient (Wildman–Crippen LogP) is 3.66. The standard InChI is InChI=1S/C15H16BrNO3/c1-10(17-9-12-3-5-15(16)20-12)11-2-4-13-14(8-11)19-7-6-18-13/h2-5,8,10,17H,6-7,9H2,1H3. The fourth-order valence-electron chi connectivity index (χ4n) is 2.15. The Morgan fingerprint density at radius 1 is 1.15 bits per heavy atom. The highest BCUT2D eigenvalue weighted by Crippen LogP contribution is 2.32. The van der Waals surface area contributed by atoms with Crippen molar-refractivity contribution in [3.05, 3.63) is 46.3 Å². The molecule has 1 N–H and O–H groups in total. The first kappa shape index (κ1) is 13.5. The molecule has 0 aliphatic carbocycles. The maximum atomic E-state index is 5.60. The van der Waals surface area contributed by atoms with E-state index in [2.05, 4.69) is 34.2 Å². The highest BCUT2D eigenvalue weighted by Gasteiger charge is 2.14. The van der Waals surface area contributed by atoms with Crippen LogP contribution in [0, 0.1) is 0 Å². The lowest BCUT2D eigenvalue weighted by Crippen LogP contribution is -2.19. The Morgan fingerprint density at radius 2 is 1.95 bits per heavy atom. The van der Waals surface area contributed by atoms with Crippen molar-refractivity contribution in [2.24, 2.45) is 0 Å². The van der Waals surface area contributed by atoms with Crippen molar-refractivity contribution < 1.29 is 13.9 Å². The van der Waals surface area contributed by atoms with Gasteiger partial charge in [0.05, 0.1) is 6.54 Å². The van der Waals surface area contributed by atoms with E-state index in [-0.39, 0.29) is 6.04 Å². The minimum absolute atomic E-state index is 0.203. The van der Waals surface area contributed by atoms with Crippen LogP contribution in [0.25, 0.3) is 0 Å². The smallest absolute Gasteiger partial charge is 0.169 e. The number of ether oxygens (including phenoxy) is 2. The lowest BCUT2D eigenvalue weighted by molar-refractivity contribution is 0.171. The minimum Gasteiger partial charge on any atom is -0.486 e. The lowest BCUT2D eigenvalue weighted by Gasteiger charge is -2.21. The zero-order chi connectivity index (χ0) is 13.9. The number of benzene rings is 1. The zero-order valence-electron chi connectivity index (χ0n) is 11.2. The third kappa shape index (κ3) is 2.99. The molecular formula is C15H16BrNO3. The second-order valence-electron chi connectivity index (χ2n) is 4.71. The van der Waals surface area contributed by atoms with Crippen molar-refractivity contribution in [1.29, 1.82) is 0 Å². The summed E-state index contributed by atoms with van der Waals surface area (Å²) in [5.74, 6) is 2.55. The first-order valence-corrected chi connectivity index (χ1v) is 7.39. The van der Waals surface area contributed by atoms with Gasteiger partial charge in [0.1, 0.15) is 19.0 Å². The van der Waals surface area contributed by atoms with Crippen LogP contribution in [0.4, 0.5) is 0 Å². The van der Waals surface area contributed by atoms with Crippen molar-refractivity contribution in [3.8, 4) is 11.5 Å². The number of hydrogen-bond donors (Lipinski definition) is 1. The van der Waals surface area contributed by atoms with Crippen LogP contribution in [0.3, 0.4) is 0 Å². The first-order chi connectivity index (χ1) is 9.72. The van der Waals surface area contributed by atoms with Gasteiger partial charge in [-0.3, -0.25) is 0 Å². The van der Waals surface area contributed by atoms with Crippen LogP contribution in [0.1, 0.15) is 24.3 Å². The van der Waals surface area contributed by atoms with Crippen LogP contribution in [-0.2, 0) is 6.54 Å². The largest absolute Gasteiger partial charge is 0.486 e. The number of nitrogens with one attached hydrogen (secondary N) is 1. The summed E-state index contributed by atoms with van der Waals surface area (Å²) < 4.78 is 17.3. The molecule has 0 bridgehead atoms. The molecule has 0 radical (unpaired) electrons. The molecule has 1 atom stereocenters. The van der Waals surface area contributed by atoms with E-state index >= 15 is 0 Å². The second-order valence-corrected chi connectivity index (χ2v) is 5.49. The van der Waals surface area contributed by atoms with Crippen LogP contribution in [0.2, 0.25) is 0 Å². The molecule has 1 aliphatic rings.